The van der Waals surface area contributed by atoms with E-state index >= 15 is 0 Å². The van der Waals surface area contributed by atoms with E-state index in [1.54, 1.807) is 6.19 Å². The molecule has 1 aromatic carbocycles. The van der Waals surface area contributed by atoms with E-state index in [1.807, 2.05) is 0 Å². The second-order valence-corrected chi connectivity index (χ2v) is 13.9. The van der Waals surface area contributed by atoms with Gasteiger partial charge in [-0.25, -0.2) is 8.78 Å². The van der Waals surface area contributed by atoms with Gasteiger partial charge in [-0.3, -0.25) is 24.4 Å². The molecular weight excluding hydrogens is 648 g/mol. The van der Waals surface area contributed by atoms with Gasteiger partial charge >= 0.3 is 16.4 Å². The number of pyridine rings is 1. The number of nitrogens with one attached hydrogen (secondary N) is 1. The number of likely N-dealkylation sites (tertiary alicyclic amines) is 1. The molecule has 2 saturated carbocycles. The van der Waals surface area contributed by atoms with E-state index in [2.05, 4.69) is 10.3 Å². The highest BCUT2D eigenvalue weighted by atomic mass is 32.5. The lowest BCUT2D eigenvalue weighted by atomic mass is 9.91. The van der Waals surface area contributed by atoms with Crippen LogP contribution in [0.1, 0.15) is 49.3 Å². The summed E-state index contributed by atoms with van der Waals surface area (Å²) >= 11 is 0. The van der Waals surface area contributed by atoms with E-state index in [9.17, 15) is 56.2 Å². The van der Waals surface area contributed by atoms with Gasteiger partial charge in [-0.15, -0.1) is 0 Å². The van der Waals surface area contributed by atoms with Crippen molar-refractivity contribution < 1.29 is 51.0 Å². The van der Waals surface area contributed by atoms with Crippen molar-refractivity contribution in [3.63, 3.8) is 0 Å². The topological polar surface area (TPSA) is 89.3 Å². The first-order valence-electron chi connectivity index (χ1n) is 13.6. The number of carbonyl (C=O) groups is 2. The van der Waals surface area contributed by atoms with Gasteiger partial charge in [0.2, 0.25) is 11.8 Å². The number of amides is 2. The van der Waals surface area contributed by atoms with Crippen LogP contribution < -0.4 is 10.2 Å². The summed E-state index contributed by atoms with van der Waals surface area (Å²) in [5, 5.41) is 12.0. The lowest BCUT2D eigenvalue weighted by molar-refractivity contribution is -0.139. The molecule has 4 unspecified atom stereocenters. The third-order valence-corrected chi connectivity index (χ3v) is 9.51. The number of benzene rings is 1. The molecule has 0 radical (unpaired) electrons. The molecule has 1 saturated heterocycles. The first-order valence-corrected chi connectivity index (χ1v) is 15.6. The summed E-state index contributed by atoms with van der Waals surface area (Å²) in [5.74, 6) is -6.10. The number of nitrogens with zero attached hydrogens (tertiary/aromatic N) is 4. The summed E-state index contributed by atoms with van der Waals surface area (Å²) in [5.41, 5.74) is -3.01. The minimum atomic E-state index is -10.2. The number of aromatic nitrogens is 1. The van der Waals surface area contributed by atoms with Crippen molar-refractivity contribution in [3.05, 3.63) is 53.9 Å². The molecule has 5 rings (SSSR count). The molecule has 1 N–H and O–H groups in total. The molecule has 3 fully saturated rings. The Hall–Kier alpha value is -3.75. The van der Waals surface area contributed by atoms with Gasteiger partial charge in [-0.05, 0) is 61.4 Å². The molecule has 45 heavy (non-hydrogen) atoms. The molecule has 1 aliphatic heterocycles. The molecule has 7 nitrogen and oxygen atoms in total. The maximum atomic E-state index is 14.2. The van der Waals surface area contributed by atoms with Crippen molar-refractivity contribution >= 4 is 27.7 Å². The highest BCUT2D eigenvalue weighted by molar-refractivity contribution is 8.45. The summed E-state index contributed by atoms with van der Waals surface area (Å²) in [6.07, 6.45) is -3.36. The largest absolute Gasteiger partial charge is 0.416 e. The number of hydrogen-bond donors (Lipinski definition) is 1. The summed E-state index contributed by atoms with van der Waals surface area (Å²) in [4.78, 5) is 30.9. The van der Waals surface area contributed by atoms with Gasteiger partial charge in [0.15, 0.2) is 6.19 Å². The van der Waals surface area contributed by atoms with Crippen LogP contribution in [0.3, 0.4) is 0 Å². The predicted molar refractivity (Wildman–Crippen MR) is 140 cm³/mol. The summed E-state index contributed by atoms with van der Waals surface area (Å²) in [6.45, 7) is 0.0996. The van der Waals surface area contributed by atoms with Crippen molar-refractivity contribution in [1.82, 2.24) is 15.2 Å². The fourth-order valence-corrected chi connectivity index (χ4v) is 6.69. The molecule has 2 amide bonds. The minimum absolute atomic E-state index is 0.0557. The van der Waals surface area contributed by atoms with Crippen molar-refractivity contribution in [2.75, 3.05) is 11.4 Å². The first-order chi connectivity index (χ1) is 20.6. The molecule has 2 aliphatic carbocycles. The van der Waals surface area contributed by atoms with Crippen LogP contribution in [0, 0.1) is 23.3 Å². The smallest absolute Gasteiger partial charge is 0.351 e. The Labute approximate surface area is 249 Å². The van der Waals surface area contributed by atoms with Crippen molar-refractivity contribution in [2.45, 2.75) is 67.2 Å². The Balaban J connectivity index is 1.66. The van der Waals surface area contributed by atoms with Gasteiger partial charge in [0, 0.05) is 49.1 Å². The Bertz CT molecular complexity index is 1540. The van der Waals surface area contributed by atoms with Crippen LogP contribution in [-0.4, -0.2) is 46.2 Å². The lowest BCUT2D eigenvalue weighted by Crippen LogP contribution is -2.53. The molecule has 0 bridgehead atoms. The number of anilines is 1. The Kier molecular flexibility index (Phi) is 7.34. The Morgan fingerprint density at radius 1 is 1.07 bits per heavy atom. The highest BCUT2D eigenvalue weighted by Crippen LogP contribution is 3.02. The zero-order valence-electron chi connectivity index (χ0n) is 23.0. The van der Waals surface area contributed by atoms with Crippen molar-refractivity contribution in [3.8, 4) is 6.19 Å². The average Bonchev–Trinajstić information content (AvgIpc) is 3.59. The molecule has 2 heterocycles. The summed E-state index contributed by atoms with van der Waals surface area (Å²) < 4.78 is 138. The van der Waals surface area contributed by atoms with E-state index in [0.29, 0.717) is 35.7 Å². The normalized spacial score (nSPS) is 25.3. The predicted octanol–water partition coefficient (Wildman–Crippen LogP) is 7.33. The van der Waals surface area contributed by atoms with E-state index in [1.165, 1.54) is 0 Å². The molecule has 246 valence electrons. The van der Waals surface area contributed by atoms with Crippen LogP contribution in [0.2, 0.25) is 0 Å². The number of carbonyl (C=O) groups excluding carboxylic acids is 2. The quantitative estimate of drug-likeness (QED) is 0.246. The Morgan fingerprint density at radius 2 is 1.69 bits per heavy atom. The van der Waals surface area contributed by atoms with Gasteiger partial charge < -0.3 is 5.32 Å². The fourth-order valence-electron chi connectivity index (χ4n) is 6.04. The average molecular weight is 674 g/mol. The Morgan fingerprint density at radius 3 is 2.24 bits per heavy atom. The van der Waals surface area contributed by atoms with E-state index in [4.69, 9.17) is 0 Å². The van der Waals surface area contributed by atoms with Crippen LogP contribution in [0.5, 0.6) is 0 Å². The van der Waals surface area contributed by atoms with Crippen LogP contribution in [0.25, 0.3) is 0 Å². The summed E-state index contributed by atoms with van der Waals surface area (Å²) in [6, 6.07) is -3.37. The molecule has 4 atom stereocenters. The standard InChI is InChI=1S/C27H25F10N5O2S/c28-26(29)8-5-16(6-9-26)40-24(43)22(20-12-39-10-7-21(20)27(30,31)32)42(25(44)23-19-11-15(19)13-41(23)14-38)17-1-3-18(4-2-17)45(33,34,35,36)37/h1-4,7,10,12,15-16,19,22-23H,5-6,8-9,11,13H2,(H,40,43). The van der Waals surface area contributed by atoms with Gasteiger partial charge in [0.25, 0.3) is 5.91 Å². The van der Waals surface area contributed by atoms with Gasteiger partial charge in [0.05, 0.1) is 5.56 Å². The molecule has 2 aromatic rings. The van der Waals surface area contributed by atoms with E-state index < -0.39 is 92.7 Å². The monoisotopic (exact) mass is 673 g/mol. The molecule has 0 spiro atoms. The number of alkyl halides is 5. The third kappa shape index (κ3) is 6.77. The van der Waals surface area contributed by atoms with Gasteiger partial charge in [-0.1, -0.05) is 19.4 Å². The first kappa shape index (κ1) is 32.6. The number of hydrogen-bond acceptors (Lipinski definition) is 5. The molecule has 18 heteroatoms. The van der Waals surface area contributed by atoms with Crippen LogP contribution >= 0.6 is 10.2 Å². The number of rotatable bonds is 7. The molecule has 1 aromatic heterocycles. The van der Waals surface area contributed by atoms with Gasteiger partial charge in [0.1, 0.15) is 17.0 Å². The number of piperidine rings is 1. The van der Waals surface area contributed by atoms with Crippen molar-refractivity contribution in [2.24, 2.45) is 11.8 Å². The molecule has 3 aliphatic rings. The van der Waals surface area contributed by atoms with Crippen LogP contribution in [0.15, 0.2) is 47.6 Å². The van der Waals surface area contributed by atoms with E-state index in [0.717, 1.165) is 11.1 Å². The number of nitriles is 1. The fraction of sp³-hybridized carbons (Fsp3) is 0.481. The van der Waals surface area contributed by atoms with Crippen LogP contribution in [0.4, 0.5) is 47.1 Å². The van der Waals surface area contributed by atoms with Gasteiger partial charge in [-0.2, -0.15) is 18.4 Å². The maximum Gasteiger partial charge on any atom is 0.416 e. The summed E-state index contributed by atoms with van der Waals surface area (Å²) in [7, 11) is -10.2. The minimum Gasteiger partial charge on any atom is -0.351 e. The van der Waals surface area contributed by atoms with Crippen molar-refractivity contribution in [1.29, 1.82) is 5.26 Å². The zero-order valence-corrected chi connectivity index (χ0v) is 23.8. The number of fused-ring (bicyclic) bond motifs is 1. The SMILES string of the molecule is N#CN1CC2CC2C1C(=O)N(c1ccc(S(F)(F)(F)(F)F)cc1)C(C(=O)NC1CCC(F)(F)CC1)c1cnccc1C(F)(F)F. The highest BCUT2D eigenvalue weighted by Gasteiger charge is 2.65. The second-order valence-electron chi connectivity index (χ2n) is 11.5. The maximum absolute atomic E-state index is 14.2. The number of halogens is 10. The molecular formula is C27H25F10N5O2S. The lowest BCUT2D eigenvalue weighted by Gasteiger charge is -2.41. The van der Waals surface area contributed by atoms with E-state index in [-0.39, 0.29) is 37.4 Å². The second kappa shape index (κ2) is 10.1. The zero-order chi connectivity index (χ0) is 33.2. The third-order valence-electron chi connectivity index (χ3n) is 8.35. The van der Waals surface area contributed by atoms with Crippen LogP contribution in [-0.2, 0) is 15.8 Å².